The summed E-state index contributed by atoms with van der Waals surface area (Å²) in [6.07, 6.45) is 16.6. The first-order chi connectivity index (χ1) is 17.0. The SMILES string of the molecule is CCOCC1CCC2(C3CC3)C(CCC3C2CCC2(C)C3CC[C@@H]2C(=O)Cn2ccc(C#N)n2)C1. The van der Waals surface area contributed by atoms with E-state index in [-0.39, 0.29) is 11.3 Å². The smallest absolute Gasteiger partial charge is 0.162 e. The minimum absolute atomic E-state index is 0.146. The molecule has 1 heterocycles. The van der Waals surface area contributed by atoms with Crippen LogP contribution in [0.4, 0.5) is 0 Å². The van der Waals surface area contributed by atoms with Crippen LogP contribution in [-0.4, -0.2) is 28.8 Å². The summed E-state index contributed by atoms with van der Waals surface area (Å²) in [5.41, 5.74) is 1.14. The monoisotopic (exact) mass is 477 g/mol. The van der Waals surface area contributed by atoms with Crippen LogP contribution in [0.25, 0.3) is 0 Å². The van der Waals surface area contributed by atoms with Crippen LogP contribution in [0.2, 0.25) is 0 Å². The molecule has 7 unspecified atom stereocenters. The summed E-state index contributed by atoms with van der Waals surface area (Å²) in [5.74, 6) is 5.57. The predicted molar refractivity (Wildman–Crippen MR) is 134 cm³/mol. The number of rotatable bonds is 7. The van der Waals surface area contributed by atoms with E-state index in [1.165, 1.54) is 64.2 Å². The van der Waals surface area contributed by atoms with E-state index in [4.69, 9.17) is 10.00 Å². The number of ether oxygens (including phenoxy) is 1. The van der Waals surface area contributed by atoms with Crippen molar-refractivity contribution < 1.29 is 9.53 Å². The van der Waals surface area contributed by atoms with Crippen LogP contribution >= 0.6 is 0 Å². The van der Waals surface area contributed by atoms with E-state index < -0.39 is 0 Å². The minimum Gasteiger partial charge on any atom is -0.381 e. The van der Waals surface area contributed by atoms with Crippen LogP contribution in [0.5, 0.6) is 0 Å². The molecule has 5 nitrogen and oxygen atoms in total. The summed E-state index contributed by atoms with van der Waals surface area (Å²) in [6, 6.07) is 3.78. The average molecular weight is 478 g/mol. The molecule has 1 aromatic rings. The van der Waals surface area contributed by atoms with Crippen LogP contribution in [0.15, 0.2) is 12.3 Å². The van der Waals surface area contributed by atoms with Crippen molar-refractivity contribution >= 4 is 5.78 Å². The molecule has 5 aliphatic carbocycles. The van der Waals surface area contributed by atoms with Gasteiger partial charge < -0.3 is 4.74 Å². The lowest BCUT2D eigenvalue weighted by atomic mass is 9.42. The lowest BCUT2D eigenvalue weighted by Crippen LogP contribution is -2.56. The quantitative estimate of drug-likeness (QED) is 0.481. The highest BCUT2D eigenvalue weighted by Crippen LogP contribution is 2.72. The van der Waals surface area contributed by atoms with Gasteiger partial charge in [0.15, 0.2) is 11.5 Å². The summed E-state index contributed by atoms with van der Waals surface area (Å²) in [6.45, 7) is 6.72. The zero-order chi connectivity index (χ0) is 24.2. The largest absolute Gasteiger partial charge is 0.381 e. The predicted octanol–water partition coefficient (Wildman–Crippen LogP) is 6.03. The van der Waals surface area contributed by atoms with Crippen molar-refractivity contribution in [1.29, 1.82) is 5.26 Å². The van der Waals surface area contributed by atoms with Gasteiger partial charge in [0.2, 0.25) is 0 Å². The number of nitriles is 1. The number of nitrogens with zero attached hydrogens (tertiary/aromatic N) is 3. The lowest BCUT2D eigenvalue weighted by molar-refractivity contribution is -0.148. The number of hydrogen-bond donors (Lipinski definition) is 0. The Bertz CT molecular complexity index is 992. The molecule has 190 valence electrons. The fourth-order valence-electron chi connectivity index (χ4n) is 10.2. The maximum atomic E-state index is 13.5. The van der Waals surface area contributed by atoms with Crippen molar-refractivity contribution in [2.24, 2.45) is 52.3 Å². The van der Waals surface area contributed by atoms with Gasteiger partial charge in [-0.2, -0.15) is 10.4 Å². The topological polar surface area (TPSA) is 67.9 Å². The number of carbonyl (C=O) groups excluding carboxylic acids is 1. The molecule has 5 saturated carbocycles. The number of ketones is 1. The molecule has 8 atom stereocenters. The first-order valence-electron chi connectivity index (χ1n) is 14.5. The first kappa shape index (κ1) is 23.7. The molecule has 0 N–H and O–H groups in total. The van der Waals surface area contributed by atoms with Gasteiger partial charge in [0, 0.05) is 25.3 Å². The number of carbonyl (C=O) groups is 1. The molecule has 0 saturated heterocycles. The lowest BCUT2D eigenvalue weighted by Gasteiger charge is -2.62. The Labute approximate surface area is 211 Å². The Balaban J connectivity index is 1.20. The van der Waals surface area contributed by atoms with Gasteiger partial charge in [-0.25, -0.2) is 0 Å². The highest BCUT2D eigenvalue weighted by molar-refractivity contribution is 5.82. The molecule has 1 aromatic heterocycles. The van der Waals surface area contributed by atoms with Gasteiger partial charge in [0.1, 0.15) is 6.07 Å². The van der Waals surface area contributed by atoms with E-state index in [2.05, 4.69) is 25.0 Å². The summed E-state index contributed by atoms with van der Waals surface area (Å²) >= 11 is 0. The minimum atomic E-state index is 0.146. The fraction of sp³-hybridized carbons (Fsp3) is 0.833. The molecule has 0 bridgehead atoms. The zero-order valence-corrected chi connectivity index (χ0v) is 21.8. The second kappa shape index (κ2) is 9.02. The summed E-state index contributed by atoms with van der Waals surface area (Å²) in [5, 5.41) is 13.3. The van der Waals surface area contributed by atoms with Gasteiger partial charge in [-0.15, -0.1) is 0 Å². The summed E-state index contributed by atoms with van der Waals surface area (Å²) in [7, 11) is 0. The highest BCUT2D eigenvalue weighted by atomic mass is 16.5. The van der Waals surface area contributed by atoms with Gasteiger partial charge in [0.25, 0.3) is 0 Å². The molecule has 0 spiro atoms. The van der Waals surface area contributed by atoms with Crippen molar-refractivity contribution in [2.45, 2.75) is 91.0 Å². The molecule has 0 radical (unpaired) electrons. The van der Waals surface area contributed by atoms with Crippen molar-refractivity contribution in [3.05, 3.63) is 18.0 Å². The van der Waals surface area contributed by atoms with E-state index in [0.29, 0.717) is 29.4 Å². The summed E-state index contributed by atoms with van der Waals surface area (Å²) < 4.78 is 7.55. The number of aromatic nitrogens is 2. The Morgan fingerprint density at radius 2 is 1.94 bits per heavy atom. The molecule has 5 aliphatic rings. The standard InChI is InChI=1S/C30H43N3O2/c1-3-35-19-20-10-14-30(21-4-5-21)22(16-20)6-7-24-25-8-9-27(29(25,2)13-11-26(24)30)28(34)18-33-15-12-23(17-31)32-33/h12,15,20-22,24-27H,3-11,13-14,16,18-19H2,1-2H3/t20?,22?,24?,25?,26?,27-,29?,30?/m1/s1. The average Bonchev–Trinajstić information content (AvgIpc) is 3.52. The third kappa shape index (κ3) is 3.81. The van der Waals surface area contributed by atoms with Crippen LogP contribution < -0.4 is 0 Å². The molecule has 35 heavy (non-hydrogen) atoms. The Morgan fingerprint density at radius 1 is 1.11 bits per heavy atom. The van der Waals surface area contributed by atoms with Crippen LogP contribution in [0.3, 0.4) is 0 Å². The number of Topliss-reactive ketones (excluding diaryl/α,β-unsaturated/α-hetero) is 1. The Hall–Kier alpha value is -1.67. The van der Waals surface area contributed by atoms with Gasteiger partial charge in [-0.3, -0.25) is 9.48 Å². The van der Waals surface area contributed by atoms with Crippen molar-refractivity contribution in [2.75, 3.05) is 13.2 Å². The second-order valence-electron chi connectivity index (χ2n) is 13.0. The third-order valence-electron chi connectivity index (χ3n) is 11.7. The number of hydrogen-bond acceptors (Lipinski definition) is 4. The van der Waals surface area contributed by atoms with E-state index in [9.17, 15) is 4.79 Å². The Kier molecular flexibility index (Phi) is 6.11. The molecule has 0 amide bonds. The van der Waals surface area contributed by atoms with Gasteiger partial charge in [-0.05, 0) is 130 Å². The number of fused-ring (bicyclic) bond motifs is 5. The van der Waals surface area contributed by atoms with E-state index in [1.807, 2.05) is 0 Å². The molecule has 5 fully saturated rings. The molecule has 0 aliphatic heterocycles. The van der Waals surface area contributed by atoms with Crippen LogP contribution in [0.1, 0.15) is 90.2 Å². The van der Waals surface area contributed by atoms with Gasteiger partial charge >= 0.3 is 0 Å². The van der Waals surface area contributed by atoms with Crippen LogP contribution in [0, 0.1) is 63.6 Å². The normalized spacial score (nSPS) is 42.5. The molecule has 0 aromatic carbocycles. The van der Waals surface area contributed by atoms with Crippen molar-refractivity contribution in [1.82, 2.24) is 9.78 Å². The molecule has 6 rings (SSSR count). The van der Waals surface area contributed by atoms with Crippen molar-refractivity contribution in [3.8, 4) is 6.07 Å². The fourth-order valence-corrected chi connectivity index (χ4v) is 10.2. The molecular formula is C30H43N3O2. The molecular weight excluding hydrogens is 434 g/mol. The third-order valence-corrected chi connectivity index (χ3v) is 11.7. The summed E-state index contributed by atoms with van der Waals surface area (Å²) in [4.78, 5) is 13.5. The first-order valence-corrected chi connectivity index (χ1v) is 14.5. The van der Waals surface area contributed by atoms with Gasteiger partial charge in [-0.1, -0.05) is 6.92 Å². The van der Waals surface area contributed by atoms with E-state index in [0.717, 1.165) is 49.2 Å². The second-order valence-corrected chi connectivity index (χ2v) is 13.0. The Morgan fingerprint density at radius 3 is 2.69 bits per heavy atom. The van der Waals surface area contributed by atoms with E-state index in [1.54, 1.807) is 16.9 Å². The maximum absolute atomic E-state index is 13.5. The highest BCUT2D eigenvalue weighted by Gasteiger charge is 2.65. The zero-order valence-electron chi connectivity index (χ0n) is 21.8. The van der Waals surface area contributed by atoms with Crippen LogP contribution in [-0.2, 0) is 16.1 Å². The maximum Gasteiger partial charge on any atom is 0.162 e. The molecule has 5 heteroatoms. The van der Waals surface area contributed by atoms with Crippen molar-refractivity contribution in [3.63, 3.8) is 0 Å². The van der Waals surface area contributed by atoms with Gasteiger partial charge in [0.05, 0.1) is 6.54 Å². The van der Waals surface area contributed by atoms with E-state index >= 15 is 0 Å².